The Morgan fingerprint density at radius 2 is 1.72 bits per heavy atom. The van der Waals surface area contributed by atoms with Gasteiger partial charge in [0.15, 0.2) is 0 Å². The molecule has 0 aliphatic rings. The van der Waals surface area contributed by atoms with Gasteiger partial charge in [-0.3, -0.25) is 9.10 Å². The van der Waals surface area contributed by atoms with Gasteiger partial charge in [0.2, 0.25) is 5.91 Å². The Hall–Kier alpha value is -3.03. The van der Waals surface area contributed by atoms with E-state index in [0.29, 0.717) is 17.3 Å². The highest BCUT2D eigenvalue weighted by Crippen LogP contribution is 2.26. The first kappa shape index (κ1) is 23.6. The van der Waals surface area contributed by atoms with E-state index in [4.69, 9.17) is 16.3 Å². The zero-order valence-corrected chi connectivity index (χ0v) is 19.4. The summed E-state index contributed by atoms with van der Waals surface area (Å²) in [5.74, 6) is 0.307. The van der Waals surface area contributed by atoms with Crippen molar-refractivity contribution in [2.24, 2.45) is 0 Å². The topological polar surface area (TPSA) is 75.7 Å². The minimum atomic E-state index is -3.98. The van der Waals surface area contributed by atoms with Crippen molar-refractivity contribution in [2.75, 3.05) is 17.5 Å². The number of carbonyl (C=O) groups is 1. The molecule has 3 aromatic rings. The Morgan fingerprint density at radius 3 is 2.34 bits per heavy atom. The highest BCUT2D eigenvalue weighted by Gasteiger charge is 2.27. The van der Waals surface area contributed by atoms with Gasteiger partial charge in [0.05, 0.1) is 23.2 Å². The first-order valence-electron chi connectivity index (χ1n) is 10.2. The Balaban J connectivity index is 1.82. The van der Waals surface area contributed by atoms with Crippen LogP contribution in [0.4, 0.5) is 5.69 Å². The minimum Gasteiger partial charge on any atom is -0.494 e. The molecule has 0 spiro atoms. The summed E-state index contributed by atoms with van der Waals surface area (Å²) in [6.45, 7) is 3.93. The summed E-state index contributed by atoms with van der Waals surface area (Å²) in [5, 5.41) is 3.24. The van der Waals surface area contributed by atoms with Crippen LogP contribution in [-0.2, 0) is 14.8 Å². The molecule has 0 saturated heterocycles. The van der Waals surface area contributed by atoms with E-state index in [9.17, 15) is 13.2 Å². The van der Waals surface area contributed by atoms with Gasteiger partial charge in [0.25, 0.3) is 10.0 Å². The molecule has 0 heterocycles. The number of carbonyl (C=O) groups excluding carboxylic acids is 1. The lowest BCUT2D eigenvalue weighted by molar-refractivity contribution is -0.120. The van der Waals surface area contributed by atoms with Gasteiger partial charge in [-0.05, 0) is 61.9 Å². The second kappa shape index (κ2) is 10.5. The van der Waals surface area contributed by atoms with Gasteiger partial charge >= 0.3 is 0 Å². The lowest BCUT2D eigenvalue weighted by atomic mass is 10.1. The maximum absolute atomic E-state index is 13.3. The number of halogens is 1. The smallest absolute Gasteiger partial charge is 0.264 e. The molecule has 0 bridgehead atoms. The molecule has 0 aliphatic carbocycles. The number of ether oxygens (including phenoxy) is 1. The van der Waals surface area contributed by atoms with Crippen LogP contribution in [0.15, 0.2) is 83.8 Å². The van der Waals surface area contributed by atoms with Crippen molar-refractivity contribution in [3.05, 3.63) is 89.4 Å². The number of anilines is 1. The van der Waals surface area contributed by atoms with Crippen LogP contribution in [0, 0.1) is 0 Å². The number of hydrogen-bond donors (Lipinski definition) is 1. The van der Waals surface area contributed by atoms with Crippen LogP contribution in [-0.4, -0.2) is 27.5 Å². The van der Waals surface area contributed by atoms with E-state index in [-0.39, 0.29) is 17.5 Å². The van der Waals surface area contributed by atoms with Crippen LogP contribution < -0.4 is 14.4 Å². The zero-order chi connectivity index (χ0) is 23.1. The number of hydrogen-bond acceptors (Lipinski definition) is 4. The summed E-state index contributed by atoms with van der Waals surface area (Å²) in [7, 11) is -3.98. The first-order chi connectivity index (χ1) is 15.3. The van der Waals surface area contributed by atoms with Gasteiger partial charge in [-0.25, -0.2) is 8.42 Å². The van der Waals surface area contributed by atoms with Crippen LogP contribution in [0.1, 0.15) is 25.5 Å². The molecule has 0 radical (unpaired) electrons. The fraction of sp³-hybridized carbons (Fsp3) is 0.208. The van der Waals surface area contributed by atoms with Gasteiger partial charge in [-0.15, -0.1) is 0 Å². The number of nitrogens with zero attached hydrogens (tertiary/aromatic N) is 1. The van der Waals surface area contributed by atoms with E-state index in [1.165, 1.54) is 18.2 Å². The van der Waals surface area contributed by atoms with Crippen LogP contribution >= 0.6 is 11.6 Å². The molecule has 1 amide bonds. The third kappa shape index (κ3) is 5.81. The van der Waals surface area contributed by atoms with Crippen molar-refractivity contribution in [2.45, 2.75) is 24.8 Å². The minimum absolute atomic E-state index is 0.0901. The molecule has 1 N–H and O–H groups in total. The highest BCUT2D eigenvalue weighted by atomic mass is 35.5. The van der Waals surface area contributed by atoms with Crippen molar-refractivity contribution in [3.63, 3.8) is 0 Å². The lowest BCUT2D eigenvalue weighted by Gasteiger charge is -2.25. The van der Waals surface area contributed by atoms with Crippen molar-refractivity contribution in [1.29, 1.82) is 0 Å². The first-order valence-corrected chi connectivity index (χ1v) is 12.0. The fourth-order valence-electron chi connectivity index (χ4n) is 3.19. The van der Waals surface area contributed by atoms with E-state index in [1.54, 1.807) is 36.4 Å². The predicted molar refractivity (Wildman–Crippen MR) is 127 cm³/mol. The van der Waals surface area contributed by atoms with Crippen LogP contribution in [0.5, 0.6) is 5.75 Å². The standard InChI is InChI=1S/C24H25ClN2O4S/c1-3-31-22-14-12-19(13-15-22)18(2)26-24(28)17-27(21-9-7-8-20(25)16-21)32(29,30)23-10-5-4-6-11-23/h4-16,18H,3,17H2,1-2H3,(H,26,28)/t18-/m0/s1. The van der Waals surface area contributed by atoms with Crippen LogP contribution in [0.2, 0.25) is 5.02 Å². The van der Waals surface area contributed by atoms with Gasteiger partial charge in [0, 0.05) is 5.02 Å². The number of sulfonamides is 1. The van der Waals surface area contributed by atoms with Crippen LogP contribution in [0.25, 0.3) is 0 Å². The molecule has 0 fully saturated rings. The normalized spacial score (nSPS) is 12.1. The average Bonchev–Trinajstić information content (AvgIpc) is 2.78. The number of benzene rings is 3. The Kier molecular flexibility index (Phi) is 7.77. The van der Waals surface area contributed by atoms with Crippen molar-refractivity contribution >= 4 is 33.2 Å². The molecule has 3 rings (SSSR count). The third-order valence-corrected chi connectivity index (χ3v) is 6.81. The van der Waals surface area contributed by atoms with E-state index in [0.717, 1.165) is 15.6 Å². The third-order valence-electron chi connectivity index (χ3n) is 4.78. The molecule has 168 valence electrons. The van der Waals surface area contributed by atoms with Crippen molar-refractivity contribution in [3.8, 4) is 5.75 Å². The molecule has 0 aliphatic heterocycles. The quantitative estimate of drug-likeness (QED) is 0.484. The molecular formula is C24H25ClN2O4S. The molecular weight excluding hydrogens is 448 g/mol. The molecule has 32 heavy (non-hydrogen) atoms. The monoisotopic (exact) mass is 472 g/mol. The van der Waals surface area contributed by atoms with Gasteiger partial charge < -0.3 is 10.1 Å². The molecule has 0 saturated carbocycles. The maximum atomic E-state index is 13.3. The molecule has 3 aromatic carbocycles. The summed E-state index contributed by atoms with van der Waals surface area (Å²) >= 11 is 6.09. The summed E-state index contributed by atoms with van der Waals surface area (Å²) in [5.41, 5.74) is 1.19. The summed E-state index contributed by atoms with van der Waals surface area (Å²) < 4.78 is 33.2. The van der Waals surface area contributed by atoms with Gasteiger partial charge in [-0.2, -0.15) is 0 Å². The molecule has 0 unspecified atom stereocenters. The zero-order valence-electron chi connectivity index (χ0n) is 17.9. The van der Waals surface area contributed by atoms with E-state index in [2.05, 4.69) is 5.32 Å². The van der Waals surface area contributed by atoms with Crippen LogP contribution in [0.3, 0.4) is 0 Å². The lowest BCUT2D eigenvalue weighted by Crippen LogP contribution is -2.41. The summed E-state index contributed by atoms with van der Waals surface area (Å²) in [6.07, 6.45) is 0. The Bertz CT molecular complexity index is 1150. The Morgan fingerprint density at radius 1 is 1.03 bits per heavy atom. The predicted octanol–water partition coefficient (Wildman–Crippen LogP) is 4.81. The van der Waals surface area contributed by atoms with Gasteiger partial charge in [0.1, 0.15) is 12.3 Å². The number of nitrogens with one attached hydrogen (secondary N) is 1. The average molecular weight is 473 g/mol. The van der Waals surface area contributed by atoms with E-state index in [1.807, 2.05) is 38.1 Å². The van der Waals surface area contributed by atoms with Gasteiger partial charge in [-0.1, -0.05) is 48.0 Å². The second-order valence-corrected chi connectivity index (χ2v) is 9.39. The largest absolute Gasteiger partial charge is 0.494 e. The number of amides is 1. The highest BCUT2D eigenvalue weighted by molar-refractivity contribution is 7.92. The Labute approximate surface area is 193 Å². The number of rotatable bonds is 9. The molecule has 6 nitrogen and oxygen atoms in total. The van der Waals surface area contributed by atoms with Crippen molar-refractivity contribution < 1.29 is 17.9 Å². The molecule has 8 heteroatoms. The van der Waals surface area contributed by atoms with E-state index < -0.39 is 15.9 Å². The maximum Gasteiger partial charge on any atom is 0.264 e. The van der Waals surface area contributed by atoms with Crippen molar-refractivity contribution in [1.82, 2.24) is 5.32 Å². The molecule has 1 atom stereocenters. The molecule has 0 aromatic heterocycles. The fourth-order valence-corrected chi connectivity index (χ4v) is 4.80. The summed E-state index contributed by atoms with van der Waals surface area (Å²) in [6, 6.07) is 21.5. The SMILES string of the molecule is CCOc1ccc([C@H](C)NC(=O)CN(c2cccc(Cl)c2)S(=O)(=O)c2ccccc2)cc1. The second-order valence-electron chi connectivity index (χ2n) is 7.10. The summed E-state index contributed by atoms with van der Waals surface area (Å²) in [4.78, 5) is 13.0. The van der Waals surface area contributed by atoms with E-state index >= 15 is 0 Å².